The standard InChI is InChI=1S/C18H16N4OS2/c1-24-18-22-14-7-6-11(10-15(14)25-18)19-17(23)9-8-16-20-12-4-2-3-5-13(12)21-16/h2-7,10H,8-9H2,1H3,(H,19,23)(H,20,21). The summed E-state index contributed by atoms with van der Waals surface area (Å²) in [7, 11) is 0. The molecule has 25 heavy (non-hydrogen) atoms. The molecule has 4 rings (SSSR count). The molecule has 2 aromatic heterocycles. The highest BCUT2D eigenvalue weighted by atomic mass is 32.2. The highest BCUT2D eigenvalue weighted by Gasteiger charge is 2.08. The van der Waals surface area contributed by atoms with Gasteiger partial charge in [-0.3, -0.25) is 4.79 Å². The SMILES string of the molecule is CSc1nc2ccc(NC(=O)CCc3nc4ccccc4[nH]3)cc2s1. The number of hydrogen-bond acceptors (Lipinski definition) is 5. The van der Waals surface area contributed by atoms with E-state index in [-0.39, 0.29) is 5.91 Å². The third kappa shape index (κ3) is 3.52. The quantitative estimate of drug-likeness (QED) is 0.510. The van der Waals surface area contributed by atoms with Crippen molar-refractivity contribution in [2.45, 2.75) is 17.2 Å². The molecule has 0 aliphatic rings. The lowest BCUT2D eigenvalue weighted by atomic mass is 10.2. The second-order valence-electron chi connectivity index (χ2n) is 5.62. The van der Waals surface area contributed by atoms with E-state index in [4.69, 9.17) is 0 Å². The van der Waals surface area contributed by atoms with Gasteiger partial charge in [0.1, 0.15) is 5.82 Å². The van der Waals surface area contributed by atoms with Crippen molar-refractivity contribution in [2.75, 3.05) is 11.6 Å². The van der Waals surface area contributed by atoms with Gasteiger partial charge in [0.05, 0.1) is 21.3 Å². The van der Waals surface area contributed by atoms with Crippen molar-refractivity contribution < 1.29 is 4.79 Å². The van der Waals surface area contributed by atoms with Crippen molar-refractivity contribution in [1.29, 1.82) is 0 Å². The molecule has 0 unspecified atom stereocenters. The number of para-hydroxylation sites is 2. The van der Waals surface area contributed by atoms with Crippen LogP contribution in [-0.2, 0) is 11.2 Å². The maximum Gasteiger partial charge on any atom is 0.224 e. The van der Waals surface area contributed by atoms with E-state index in [0.29, 0.717) is 12.8 Å². The number of fused-ring (bicyclic) bond motifs is 2. The number of carbonyl (C=O) groups is 1. The number of anilines is 1. The summed E-state index contributed by atoms with van der Waals surface area (Å²) in [5.74, 6) is 0.813. The lowest BCUT2D eigenvalue weighted by Crippen LogP contribution is -2.12. The first kappa shape index (κ1) is 16.1. The first-order chi connectivity index (χ1) is 12.2. The smallest absolute Gasteiger partial charge is 0.224 e. The number of thiazole rings is 1. The summed E-state index contributed by atoms with van der Waals surface area (Å²) in [6, 6.07) is 13.7. The highest BCUT2D eigenvalue weighted by Crippen LogP contribution is 2.30. The Morgan fingerprint density at radius 2 is 2.08 bits per heavy atom. The van der Waals surface area contributed by atoms with E-state index in [9.17, 15) is 4.79 Å². The van der Waals surface area contributed by atoms with Crippen molar-refractivity contribution in [3.63, 3.8) is 0 Å². The monoisotopic (exact) mass is 368 g/mol. The first-order valence-corrected chi connectivity index (χ1v) is 9.93. The Morgan fingerprint density at radius 1 is 1.20 bits per heavy atom. The molecule has 0 aliphatic heterocycles. The van der Waals surface area contributed by atoms with Gasteiger partial charge in [0, 0.05) is 18.5 Å². The Bertz CT molecular complexity index is 1020. The number of thioether (sulfide) groups is 1. The number of rotatable bonds is 5. The number of aromatic amines is 1. The number of benzene rings is 2. The lowest BCUT2D eigenvalue weighted by Gasteiger charge is -2.04. The number of H-pyrrole nitrogens is 1. The van der Waals surface area contributed by atoms with Gasteiger partial charge in [-0.2, -0.15) is 0 Å². The molecular weight excluding hydrogens is 352 g/mol. The Kier molecular flexibility index (Phi) is 4.42. The Labute approximate surface area is 152 Å². The number of nitrogens with zero attached hydrogens (tertiary/aromatic N) is 2. The second-order valence-corrected chi connectivity index (χ2v) is 7.70. The van der Waals surface area contributed by atoms with Crippen LogP contribution in [0.3, 0.4) is 0 Å². The topological polar surface area (TPSA) is 70.7 Å². The minimum absolute atomic E-state index is 0.0191. The molecule has 0 atom stereocenters. The second kappa shape index (κ2) is 6.85. The largest absolute Gasteiger partial charge is 0.342 e. The van der Waals surface area contributed by atoms with Gasteiger partial charge in [-0.15, -0.1) is 11.3 Å². The van der Waals surface area contributed by atoms with Crippen LogP contribution >= 0.6 is 23.1 Å². The minimum Gasteiger partial charge on any atom is -0.342 e. The summed E-state index contributed by atoms with van der Waals surface area (Å²) in [4.78, 5) is 24.5. The number of aromatic nitrogens is 3. The number of amides is 1. The van der Waals surface area contributed by atoms with Crippen LogP contribution < -0.4 is 5.32 Å². The van der Waals surface area contributed by atoms with E-state index in [1.54, 1.807) is 23.1 Å². The van der Waals surface area contributed by atoms with Crippen LogP contribution in [0.1, 0.15) is 12.2 Å². The van der Waals surface area contributed by atoms with Crippen molar-refractivity contribution in [1.82, 2.24) is 15.0 Å². The molecular formula is C18H16N4OS2. The van der Waals surface area contributed by atoms with Gasteiger partial charge in [0.15, 0.2) is 4.34 Å². The van der Waals surface area contributed by atoms with Crippen LogP contribution in [0, 0.1) is 0 Å². The highest BCUT2D eigenvalue weighted by molar-refractivity contribution is 8.00. The molecule has 0 fully saturated rings. The zero-order valence-corrected chi connectivity index (χ0v) is 15.2. The Balaban J connectivity index is 1.41. The van der Waals surface area contributed by atoms with Crippen LogP contribution in [0.4, 0.5) is 5.69 Å². The predicted molar refractivity (Wildman–Crippen MR) is 104 cm³/mol. The summed E-state index contributed by atoms with van der Waals surface area (Å²) < 4.78 is 2.11. The zero-order valence-electron chi connectivity index (χ0n) is 13.6. The van der Waals surface area contributed by atoms with Gasteiger partial charge < -0.3 is 10.3 Å². The van der Waals surface area contributed by atoms with Gasteiger partial charge in [0.25, 0.3) is 0 Å². The average Bonchev–Trinajstić information content (AvgIpc) is 3.22. The molecule has 0 aliphatic carbocycles. The van der Waals surface area contributed by atoms with Crippen LogP contribution in [-0.4, -0.2) is 27.1 Å². The summed E-state index contributed by atoms with van der Waals surface area (Å²) in [6.07, 6.45) is 2.98. The molecule has 2 heterocycles. The van der Waals surface area contributed by atoms with Crippen LogP contribution in [0.25, 0.3) is 21.3 Å². The Morgan fingerprint density at radius 3 is 2.92 bits per heavy atom. The first-order valence-electron chi connectivity index (χ1n) is 7.89. The fourth-order valence-corrected chi connectivity index (χ4v) is 4.18. The van der Waals surface area contributed by atoms with E-state index < -0.39 is 0 Å². The molecule has 2 aromatic carbocycles. The summed E-state index contributed by atoms with van der Waals surface area (Å²) in [5.41, 5.74) is 3.70. The van der Waals surface area contributed by atoms with E-state index in [1.165, 1.54) is 0 Å². The van der Waals surface area contributed by atoms with Gasteiger partial charge in [-0.05, 0) is 36.6 Å². The molecule has 126 valence electrons. The maximum atomic E-state index is 12.2. The van der Waals surface area contributed by atoms with Crippen LogP contribution in [0.15, 0.2) is 46.8 Å². The van der Waals surface area contributed by atoms with E-state index in [0.717, 1.165) is 37.1 Å². The van der Waals surface area contributed by atoms with Crippen molar-refractivity contribution >= 4 is 55.9 Å². The molecule has 7 heteroatoms. The normalized spacial score (nSPS) is 11.2. The molecule has 1 amide bonds. The van der Waals surface area contributed by atoms with Gasteiger partial charge >= 0.3 is 0 Å². The number of aryl methyl sites for hydroxylation is 1. The van der Waals surface area contributed by atoms with Gasteiger partial charge in [0.2, 0.25) is 5.91 Å². The number of carbonyl (C=O) groups excluding carboxylic acids is 1. The van der Waals surface area contributed by atoms with Gasteiger partial charge in [-0.1, -0.05) is 23.9 Å². The summed E-state index contributed by atoms with van der Waals surface area (Å²) >= 11 is 3.27. The van der Waals surface area contributed by atoms with Crippen LogP contribution in [0.2, 0.25) is 0 Å². The molecule has 0 radical (unpaired) electrons. The lowest BCUT2D eigenvalue weighted by molar-refractivity contribution is -0.116. The van der Waals surface area contributed by atoms with E-state index in [1.807, 2.05) is 48.7 Å². The predicted octanol–water partition coefficient (Wildman–Crippen LogP) is 4.47. The van der Waals surface area contributed by atoms with Crippen LogP contribution in [0.5, 0.6) is 0 Å². The molecule has 2 N–H and O–H groups in total. The Hall–Kier alpha value is -2.38. The number of hydrogen-bond donors (Lipinski definition) is 2. The number of nitrogens with one attached hydrogen (secondary N) is 2. The van der Waals surface area contributed by atoms with Crippen molar-refractivity contribution in [3.05, 3.63) is 48.3 Å². The zero-order chi connectivity index (χ0) is 17.2. The molecule has 0 bridgehead atoms. The third-order valence-corrected chi connectivity index (χ3v) is 5.86. The summed E-state index contributed by atoms with van der Waals surface area (Å²) in [5, 5.41) is 2.96. The fraction of sp³-hybridized carbons (Fsp3) is 0.167. The average molecular weight is 368 g/mol. The maximum absolute atomic E-state index is 12.2. The molecule has 4 aromatic rings. The van der Waals surface area contributed by atoms with Crippen molar-refractivity contribution in [3.8, 4) is 0 Å². The minimum atomic E-state index is -0.0191. The fourth-order valence-electron chi connectivity index (χ4n) is 2.65. The summed E-state index contributed by atoms with van der Waals surface area (Å²) in [6.45, 7) is 0. The molecule has 0 saturated carbocycles. The van der Waals surface area contributed by atoms with E-state index >= 15 is 0 Å². The molecule has 0 saturated heterocycles. The third-order valence-electron chi connectivity index (χ3n) is 3.85. The van der Waals surface area contributed by atoms with Gasteiger partial charge in [-0.25, -0.2) is 9.97 Å². The molecule has 5 nitrogen and oxygen atoms in total. The molecule has 0 spiro atoms. The van der Waals surface area contributed by atoms with Crippen molar-refractivity contribution in [2.24, 2.45) is 0 Å². The number of imidazole rings is 1. The van der Waals surface area contributed by atoms with E-state index in [2.05, 4.69) is 20.3 Å².